The van der Waals surface area contributed by atoms with Gasteiger partial charge in [-0.05, 0) is 38.3 Å². The standard InChI is InChI=1S/C14H24N2O2/c1-4-11-18-12-7-6-9-15-13(12)16-14(3,5-2)8-10-17/h6-7,9,17H,4-5,8,10-11H2,1-3H3,(H,15,16). The molecule has 1 unspecified atom stereocenters. The van der Waals surface area contributed by atoms with E-state index in [2.05, 4.69) is 31.1 Å². The number of rotatable bonds is 8. The largest absolute Gasteiger partial charge is 0.490 e. The molecule has 0 spiro atoms. The van der Waals surface area contributed by atoms with E-state index in [1.54, 1.807) is 6.20 Å². The van der Waals surface area contributed by atoms with E-state index in [1.807, 2.05) is 12.1 Å². The Bertz CT molecular complexity index is 357. The topological polar surface area (TPSA) is 54.4 Å². The summed E-state index contributed by atoms with van der Waals surface area (Å²) in [5.74, 6) is 1.53. The van der Waals surface area contributed by atoms with Crippen molar-refractivity contribution < 1.29 is 9.84 Å². The van der Waals surface area contributed by atoms with Crippen LogP contribution >= 0.6 is 0 Å². The molecule has 102 valence electrons. The molecule has 0 aromatic carbocycles. The third-order valence-corrected chi connectivity index (χ3v) is 3.10. The van der Waals surface area contributed by atoms with Gasteiger partial charge in [0, 0.05) is 18.3 Å². The summed E-state index contributed by atoms with van der Waals surface area (Å²) < 4.78 is 5.67. The molecule has 0 saturated heterocycles. The average molecular weight is 252 g/mol. The molecule has 0 radical (unpaired) electrons. The fraction of sp³-hybridized carbons (Fsp3) is 0.643. The molecular formula is C14H24N2O2. The summed E-state index contributed by atoms with van der Waals surface area (Å²) in [7, 11) is 0. The predicted octanol–water partition coefficient (Wildman–Crippen LogP) is 2.83. The lowest BCUT2D eigenvalue weighted by molar-refractivity contribution is 0.251. The molecule has 1 atom stereocenters. The number of pyridine rings is 1. The van der Waals surface area contributed by atoms with Crippen molar-refractivity contribution in [2.24, 2.45) is 0 Å². The molecule has 0 amide bonds. The third-order valence-electron chi connectivity index (χ3n) is 3.10. The van der Waals surface area contributed by atoms with Gasteiger partial charge in [0.15, 0.2) is 11.6 Å². The van der Waals surface area contributed by atoms with E-state index in [0.717, 1.165) is 24.4 Å². The van der Waals surface area contributed by atoms with Gasteiger partial charge in [0.05, 0.1) is 6.61 Å². The highest BCUT2D eigenvalue weighted by Crippen LogP contribution is 2.27. The van der Waals surface area contributed by atoms with Crippen LogP contribution in [-0.4, -0.2) is 28.8 Å². The van der Waals surface area contributed by atoms with Gasteiger partial charge in [-0.3, -0.25) is 0 Å². The first kappa shape index (κ1) is 14.8. The zero-order chi connectivity index (χ0) is 13.4. The lowest BCUT2D eigenvalue weighted by Gasteiger charge is -2.30. The Morgan fingerprint density at radius 3 is 2.83 bits per heavy atom. The Morgan fingerprint density at radius 1 is 1.44 bits per heavy atom. The van der Waals surface area contributed by atoms with Crippen LogP contribution < -0.4 is 10.1 Å². The van der Waals surface area contributed by atoms with Crippen LogP contribution in [0.2, 0.25) is 0 Å². The maximum Gasteiger partial charge on any atom is 0.169 e. The second-order valence-electron chi connectivity index (χ2n) is 4.71. The van der Waals surface area contributed by atoms with E-state index >= 15 is 0 Å². The summed E-state index contributed by atoms with van der Waals surface area (Å²) in [5.41, 5.74) is -0.159. The number of anilines is 1. The first-order valence-corrected chi connectivity index (χ1v) is 6.62. The number of hydrogen-bond acceptors (Lipinski definition) is 4. The predicted molar refractivity (Wildman–Crippen MR) is 74.0 cm³/mol. The maximum absolute atomic E-state index is 9.13. The van der Waals surface area contributed by atoms with Gasteiger partial charge in [-0.25, -0.2) is 4.98 Å². The third kappa shape index (κ3) is 4.18. The van der Waals surface area contributed by atoms with Crippen LogP contribution in [-0.2, 0) is 0 Å². The Labute approximate surface area is 109 Å². The van der Waals surface area contributed by atoms with E-state index in [1.165, 1.54) is 0 Å². The van der Waals surface area contributed by atoms with Crippen molar-refractivity contribution in [2.75, 3.05) is 18.5 Å². The number of aliphatic hydroxyl groups is 1. The van der Waals surface area contributed by atoms with Crippen LogP contribution in [0, 0.1) is 0 Å². The Hall–Kier alpha value is -1.29. The first-order valence-electron chi connectivity index (χ1n) is 6.62. The molecule has 0 aliphatic rings. The smallest absolute Gasteiger partial charge is 0.169 e. The molecule has 0 saturated carbocycles. The Balaban J connectivity index is 2.81. The van der Waals surface area contributed by atoms with Crippen LogP contribution in [0.5, 0.6) is 5.75 Å². The molecule has 1 heterocycles. The van der Waals surface area contributed by atoms with E-state index in [9.17, 15) is 0 Å². The SMILES string of the molecule is CCCOc1cccnc1NC(C)(CC)CCO. The lowest BCUT2D eigenvalue weighted by Crippen LogP contribution is -2.35. The Morgan fingerprint density at radius 2 is 2.22 bits per heavy atom. The molecule has 0 aliphatic carbocycles. The van der Waals surface area contributed by atoms with Gasteiger partial charge in [0.2, 0.25) is 0 Å². The molecule has 1 rings (SSSR count). The minimum absolute atomic E-state index is 0.159. The van der Waals surface area contributed by atoms with Crippen molar-refractivity contribution in [2.45, 2.75) is 45.6 Å². The molecule has 1 aromatic rings. The number of aromatic nitrogens is 1. The van der Waals surface area contributed by atoms with Crippen molar-refractivity contribution in [1.82, 2.24) is 4.98 Å². The van der Waals surface area contributed by atoms with E-state index in [0.29, 0.717) is 13.0 Å². The van der Waals surface area contributed by atoms with E-state index in [4.69, 9.17) is 9.84 Å². The van der Waals surface area contributed by atoms with Crippen molar-refractivity contribution in [3.63, 3.8) is 0 Å². The number of aliphatic hydroxyl groups excluding tert-OH is 1. The molecule has 0 aliphatic heterocycles. The fourth-order valence-corrected chi connectivity index (χ4v) is 1.67. The van der Waals surface area contributed by atoms with Crippen LogP contribution in [0.1, 0.15) is 40.0 Å². The number of ether oxygens (including phenoxy) is 1. The molecule has 0 bridgehead atoms. The fourth-order valence-electron chi connectivity index (χ4n) is 1.67. The van der Waals surface area contributed by atoms with Gasteiger partial charge in [0.25, 0.3) is 0 Å². The summed E-state index contributed by atoms with van der Waals surface area (Å²) in [4.78, 5) is 4.33. The molecular weight excluding hydrogens is 228 g/mol. The zero-order valence-electron chi connectivity index (χ0n) is 11.6. The molecule has 4 nitrogen and oxygen atoms in total. The second-order valence-corrected chi connectivity index (χ2v) is 4.71. The van der Waals surface area contributed by atoms with Crippen molar-refractivity contribution in [3.05, 3.63) is 18.3 Å². The average Bonchev–Trinajstić information content (AvgIpc) is 2.38. The van der Waals surface area contributed by atoms with E-state index in [-0.39, 0.29) is 12.1 Å². The summed E-state index contributed by atoms with van der Waals surface area (Å²) in [6.07, 6.45) is 4.32. The summed E-state index contributed by atoms with van der Waals surface area (Å²) in [6, 6.07) is 3.78. The van der Waals surface area contributed by atoms with Gasteiger partial charge in [-0.1, -0.05) is 13.8 Å². The van der Waals surface area contributed by atoms with Crippen LogP contribution in [0.4, 0.5) is 5.82 Å². The Kier molecular flexibility index (Phi) is 5.92. The minimum atomic E-state index is -0.159. The van der Waals surface area contributed by atoms with Gasteiger partial charge < -0.3 is 15.2 Å². The normalized spacial score (nSPS) is 14.0. The highest BCUT2D eigenvalue weighted by Gasteiger charge is 2.23. The highest BCUT2D eigenvalue weighted by molar-refractivity contribution is 5.51. The number of nitrogens with one attached hydrogen (secondary N) is 1. The van der Waals surface area contributed by atoms with Crippen molar-refractivity contribution >= 4 is 5.82 Å². The molecule has 4 heteroatoms. The summed E-state index contributed by atoms with van der Waals surface area (Å²) in [5, 5.41) is 12.5. The van der Waals surface area contributed by atoms with Crippen LogP contribution in [0.3, 0.4) is 0 Å². The molecule has 0 fully saturated rings. The lowest BCUT2D eigenvalue weighted by atomic mass is 9.95. The van der Waals surface area contributed by atoms with Gasteiger partial charge in [-0.2, -0.15) is 0 Å². The minimum Gasteiger partial charge on any atom is -0.490 e. The van der Waals surface area contributed by atoms with Gasteiger partial charge >= 0.3 is 0 Å². The summed E-state index contributed by atoms with van der Waals surface area (Å²) in [6.45, 7) is 7.10. The number of hydrogen-bond donors (Lipinski definition) is 2. The summed E-state index contributed by atoms with van der Waals surface area (Å²) >= 11 is 0. The van der Waals surface area contributed by atoms with Crippen LogP contribution in [0.25, 0.3) is 0 Å². The van der Waals surface area contributed by atoms with Crippen LogP contribution in [0.15, 0.2) is 18.3 Å². The molecule has 18 heavy (non-hydrogen) atoms. The zero-order valence-corrected chi connectivity index (χ0v) is 11.6. The monoisotopic (exact) mass is 252 g/mol. The maximum atomic E-state index is 9.13. The van der Waals surface area contributed by atoms with E-state index < -0.39 is 0 Å². The molecule has 1 aromatic heterocycles. The quantitative estimate of drug-likeness (QED) is 0.747. The number of nitrogens with zero attached hydrogens (tertiary/aromatic N) is 1. The van der Waals surface area contributed by atoms with Gasteiger partial charge in [0.1, 0.15) is 0 Å². The van der Waals surface area contributed by atoms with Crippen molar-refractivity contribution in [3.8, 4) is 5.75 Å². The first-order chi connectivity index (χ1) is 8.65. The highest BCUT2D eigenvalue weighted by atomic mass is 16.5. The second kappa shape index (κ2) is 7.21. The van der Waals surface area contributed by atoms with Gasteiger partial charge in [-0.15, -0.1) is 0 Å². The molecule has 2 N–H and O–H groups in total. The van der Waals surface area contributed by atoms with Crippen molar-refractivity contribution in [1.29, 1.82) is 0 Å².